The number of methoxy groups -OCH3 is 1. The molecule has 3 nitrogen and oxygen atoms in total. The van der Waals surface area contributed by atoms with Crippen molar-refractivity contribution in [2.75, 3.05) is 13.7 Å². The number of esters is 1. The summed E-state index contributed by atoms with van der Waals surface area (Å²) < 4.78 is 11.0. The van der Waals surface area contributed by atoms with Crippen molar-refractivity contribution in [1.29, 1.82) is 0 Å². The molecule has 3 fully saturated rings. The minimum Gasteiger partial charge on any atom is -0.465 e. The van der Waals surface area contributed by atoms with Gasteiger partial charge in [-0.25, -0.2) is 0 Å². The average molecular weight is 252 g/mol. The molecule has 0 aromatic rings. The molecule has 6 atom stereocenters. The smallest absolute Gasteiger partial charge is 0.309 e. The highest BCUT2D eigenvalue weighted by Crippen LogP contribution is 2.48. The van der Waals surface area contributed by atoms with E-state index in [1.165, 1.54) is 19.3 Å². The van der Waals surface area contributed by atoms with Gasteiger partial charge in [-0.1, -0.05) is 13.3 Å². The topological polar surface area (TPSA) is 35.5 Å². The second kappa shape index (κ2) is 4.84. The van der Waals surface area contributed by atoms with E-state index < -0.39 is 0 Å². The van der Waals surface area contributed by atoms with E-state index in [0.717, 1.165) is 24.7 Å². The molecule has 3 heteroatoms. The number of rotatable bonds is 1. The van der Waals surface area contributed by atoms with Crippen LogP contribution in [0.4, 0.5) is 0 Å². The van der Waals surface area contributed by atoms with Crippen LogP contribution in [0.3, 0.4) is 0 Å². The van der Waals surface area contributed by atoms with Gasteiger partial charge in [-0.2, -0.15) is 0 Å². The minimum absolute atomic E-state index is 0.0541. The molecule has 0 N–H and O–H groups in total. The van der Waals surface area contributed by atoms with Gasteiger partial charge in [0.15, 0.2) is 0 Å². The zero-order valence-electron chi connectivity index (χ0n) is 11.4. The van der Waals surface area contributed by atoms with Crippen LogP contribution in [0.2, 0.25) is 0 Å². The van der Waals surface area contributed by atoms with Crippen LogP contribution in [0.1, 0.15) is 39.0 Å². The first-order valence-electron chi connectivity index (χ1n) is 7.40. The molecule has 0 unspecified atom stereocenters. The molecule has 3 rings (SSSR count). The first-order valence-corrected chi connectivity index (χ1v) is 7.40. The van der Waals surface area contributed by atoms with Crippen molar-refractivity contribution < 1.29 is 14.3 Å². The molecule has 0 aromatic heterocycles. The molecule has 0 bridgehead atoms. The lowest BCUT2D eigenvalue weighted by atomic mass is 9.73. The summed E-state index contributed by atoms with van der Waals surface area (Å²) in [6.07, 6.45) is 6.21. The average Bonchev–Trinajstić information content (AvgIpc) is 2.80. The van der Waals surface area contributed by atoms with E-state index in [1.54, 1.807) is 0 Å². The monoisotopic (exact) mass is 252 g/mol. The fourth-order valence-electron chi connectivity index (χ4n) is 4.62. The highest BCUT2D eigenvalue weighted by Gasteiger charge is 2.47. The molecular weight excluding hydrogens is 228 g/mol. The van der Waals surface area contributed by atoms with Gasteiger partial charge < -0.3 is 9.47 Å². The van der Waals surface area contributed by atoms with Gasteiger partial charge in [-0.3, -0.25) is 4.79 Å². The number of fused-ring (bicyclic) bond motifs is 2. The fraction of sp³-hybridized carbons (Fsp3) is 0.933. The first-order chi connectivity index (χ1) is 8.70. The van der Waals surface area contributed by atoms with Crippen molar-refractivity contribution in [3.8, 4) is 0 Å². The van der Waals surface area contributed by atoms with E-state index in [4.69, 9.17) is 9.47 Å². The van der Waals surface area contributed by atoms with Crippen LogP contribution in [0.25, 0.3) is 0 Å². The normalized spacial score (nSPS) is 48.0. The van der Waals surface area contributed by atoms with E-state index in [2.05, 4.69) is 6.92 Å². The predicted octanol–water partition coefficient (Wildman–Crippen LogP) is 2.64. The second-order valence-corrected chi connectivity index (χ2v) is 6.48. The standard InChI is InChI=1S/C15H24O3/c1-9-6-14(17-2)13-7-10-8-18-15(16)12(10)5-3-4-11(9)13/h9-14H,3-8H2,1-2H3/t9-,10-,11-,12-,13-,14+/m1/s1. The Balaban J connectivity index is 1.78. The van der Waals surface area contributed by atoms with Gasteiger partial charge >= 0.3 is 5.97 Å². The van der Waals surface area contributed by atoms with E-state index in [0.29, 0.717) is 24.5 Å². The van der Waals surface area contributed by atoms with Crippen LogP contribution in [0.5, 0.6) is 0 Å². The third kappa shape index (κ3) is 1.97. The highest BCUT2D eigenvalue weighted by atomic mass is 16.5. The zero-order valence-corrected chi connectivity index (χ0v) is 11.4. The number of carbonyl (C=O) groups excluding carboxylic acids is 1. The number of cyclic esters (lactones) is 1. The lowest BCUT2D eigenvalue weighted by molar-refractivity contribution is -0.141. The quantitative estimate of drug-likeness (QED) is 0.673. The number of hydrogen-bond acceptors (Lipinski definition) is 3. The Hall–Kier alpha value is -0.570. The summed E-state index contributed by atoms with van der Waals surface area (Å²) >= 11 is 0. The second-order valence-electron chi connectivity index (χ2n) is 6.48. The molecule has 18 heavy (non-hydrogen) atoms. The lowest BCUT2D eigenvalue weighted by Gasteiger charge is -2.31. The summed E-state index contributed by atoms with van der Waals surface area (Å²) in [6.45, 7) is 3.02. The number of hydrogen-bond donors (Lipinski definition) is 0. The van der Waals surface area contributed by atoms with Gasteiger partial charge in [0.25, 0.3) is 0 Å². The van der Waals surface area contributed by atoms with E-state index in [9.17, 15) is 4.79 Å². The Bertz CT molecular complexity index is 328. The molecule has 1 aliphatic heterocycles. The van der Waals surface area contributed by atoms with Crippen molar-refractivity contribution in [3.63, 3.8) is 0 Å². The molecule has 102 valence electrons. The van der Waals surface area contributed by atoms with Gasteiger partial charge in [0.2, 0.25) is 0 Å². The summed E-state index contributed by atoms with van der Waals surface area (Å²) in [6, 6.07) is 0. The van der Waals surface area contributed by atoms with Crippen molar-refractivity contribution in [3.05, 3.63) is 0 Å². The maximum atomic E-state index is 11.7. The van der Waals surface area contributed by atoms with Gasteiger partial charge in [0.05, 0.1) is 18.6 Å². The molecular formula is C15H24O3. The molecule has 3 aliphatic rings. The lowest BCUT2D eigenvalue weighted by Crippen LogP contribution is -2.30. The fourth-order valence-corrected chi connectivity index (χ4v) is 4.62. The molecule has 1 heterocycles. The van der Waals surface area contributed by atoms with E-state index in [-0.39, 0.29) is 11.9 Å². The van der Waals surface area contributed by atoms with Crippen LogP contribution < -0.4 is 0 Å². The summed E-state index contributed by atoms with van der Waals surface area (Å²) in [5.74, 6) is 2.90. The predicted molar refractivity (Wildman–Crippen MR) is 68.0 cm³/mol. The van der Waals surface area contributed by atoms with Crippen molar-refractivity contribution in [2.24, 2.45) is 29.6 Å². The summed E-state index contributed by atoms with van der Waals surface area (Å²) in [5.41, 5.74) is 0. The highest BCUT2D eigenvalue weighted by molar-refractivity contribution is 5.74. The molecule has 2 saturated carbocycles. The number of ether oxygens (including phenoxy) is 2. The first kappa shape index (κ1) is 12.5. The van der Waals surface area contributed by atoms with Crippen molar-refractivity contribution in [2.45, 2.75) is 45.1 Å². The minimum atomic E-state index is 0.0541. The molecule has 0 aromatic carbocycles. The third-order valence-corrected chi connectivity index (χ3v) is 5.60. The van der Waals surface area contributed by atoms with Gasteiger partial charge in [0, 0.05) is 13.0 Å². The number of carbonyl (C=O) groups is 1. The van der Waals surface area contributed by atoms with Crippen LogP contribution in [-0.2, 0) is 14.3 Å². The van der Waals surface area contributed by atoms with Crippen molar-refractivity contribution in [1.82, 2.24) is 0 Å². The van der Waals surface area contributed by atoms with Crippen LogP contribution in [0.15, 0.2) is 0 Å². The maximum Gasteiger partial charge on any atom is 0.309 e. The van der Waals surface area contributed by atoms with Crippen LogP contribution in [0, 0.1) is 29.6 Å². The largest absolute Gasteiger partial charge is 0.465 e. The maximum absolute atomic E-state index is 11.7. The van der Waals surface area contributed by atoms with E-state index in [1.807, 2.05) is 7.11 Å². The summed E-state index contributed by atoms with van der Waals surface area (Å²) in [5, 5.41) is 0. The molecule has 0 spiro atoms. The Morgan fingerprint density at radius 3 is 2.83 bits per heavy atom. The molecule has 1 saturated heterocycles. The van der Waals surface area contributed by atoms with Crippen molar-refractivity contribution >= 4 is 5.97 Å². The van der Waals surface area contributed by atoms with Gasteiger partial charge in [-0.15, -0.1) is 0 Å². The Morgan fingerprint density at radius 1 is 1.22 bits per heavy atom. The van der Waals surface area contributed by atoms with Gasteiger partial charge in [-0.05, 0) is 43.4 Å². The molecule has 0 amide bonds. The zero-order chi connectivity index (χ0) is 12.7. The Kier molecular flexibility index (Phi) is 3.35. The third-order valence-electron chi connectivity index (χ3n) is 5.60. The molecule has 0 radical (unpaired) electrons. The summed E-state index contributed by atoms with van der Waals surface area (Å²) in [7, 11) is 1.84. The Labute approximate surface area is 109 Å². The van der Waals surface area contributed by atoms with Crippen LogP contribution >= 0.6 is 0 Å². The molecule has 2 aliphatic carbocycles. The van der Waals surface area contributed by atoms with Gasteiger partial charge in [0.1, 0.15) is 0 Å². The SMILES string of the molecule is CO[C@H]1C[C@@H](C)[C@H]2CCC[C@H]3C(=O)OC[C@H]3C[C@H]21. The summed E-state index contributed by atoms with van der Waals surface area (Å²) in [4.78, 5) is 11.7. The van der Waals surface area contributed by atoms with E-state index >= 15 is 0 Å². The Morgan fingerprint density at radius 2 is 2.06 bits per heavy atom. The van der Waals surface area contributed by atoms with Crippen LogP contribution in [-0.4, -0.2) is 25.8 Å².